The van der Waals surface area contributed by atoms with Crippen LogP contribution in [0.1, 0.15) is 51.4 Å². The zero-order valence-corrected chi connectivity index (χ0v) is 9.12. The molecule has 1 unspecified atom stereocenters. The van der Waals surface area contributed by atoms with Gasteiger partial charge in [0.25, 0.3) is 0 Å². The Hall–Kier alpha value is -0.0800. The number of unbranched alkanes of at least 4 members (excludes halogenated alkanes) is 1. The summed E-state index contributed by atoms with van der Waals surface area (Å²) in [5, 5.41) is 18.0. The molecule has 2 heteroatoms. The van der Waals surface area contributed by atoms with Crippen LogP contribution in [-0.2, 0) is 0 Å². The highest BCUT2D eigenvalue weighted by Crippen LogP contribution is 2.32. The highest BCUT2D eigenvalue weighted by molar-refractivity contribution is 4.73. The molecule has 1 aliphatic rings. The topological polar surface area (TPSA) is 40.5 Å². The lowest BCUT2D eigenvalue weighted by Crippen LogP contribution is -2.21. The molecule has 0 amide bonds. The number of aliphatic hydroxyl groups is 2. The second kappa shape index (κ2) is 7.24. The summed E-state index contributed by atoms with van der Waals surface area (Å²) in [6, 6.07) is 0. The SMILES string of the molecule is OCCCCC(CO)C1CCCCC1. The minimum absolute atomic E-state index is 0.294. The van der Waals surface area contributed by atoms with Crippen molar-refractivity contribution in [2.75, 3.05) is 13.2 Å². The van der Waals surface area contributed by atoms with Crippen LogP contribution in [0, 0.1) is 11.8 Å². The molecule has 2 N–H and O–H groups in total. The molecule has 1 aliphatic carbocycles. The first-order chi connectivity index (χ1) is 6.88. The second-order valence-corrected chi connectivity index (χ2v) is 4.56. The molecule has 0 aromatic carbocycles. The molecule has 0 aromatic rings. The lowest BCUT2D eigenvalue weighted by Gasteiger charge is -2.29. The summed E-state index contributed by atoms with van der Waals surface area (Å²) in [6.45, 7) is 0.638. The third kappa shape index (κ3) is 3.97. The first-order valence-corrected chi connectivity index (χ1v) is 6.10. The largest absolute Gasteiger partial charge is 0.396 e. The Labute approximate surface area is 87.3 Å². The Morgan fingerprint density at radius 2 is 1.71 bits per heavy atom. The minimum Gasteiger partial charge on any atom is -0.396 e. The van der Waals surface area contributed by atoms with Gasteiger partial charge in [-0.05, 0) is 24.7 Å². The van der Waals surface area contributed by atoms with Crippen LogP contribution in [0.3, 0.4) is 0 Å². The zero-order chi connectivity index (χ0) is 10.2. The molecule has 14 heavy (non-hydrogen) atoms. The van der Waals surface area contributed by atoms with Crippen LogP contribution < -0.4 is 0 Å². The van der Waals surface area contributed by atoms with Crippen molar-refractivity contribution in [1.82, 2.24) is 0 Å². The fraction of sp³-hybridized carbons (Fsp3) is 1.00. The van der Waals surface area contributed by atoms with E-state index in [9.17, 15) is 5.11 Å². The van der Waals surface area contributed by atoms with E-state index in [2.05, 4.69) is 0 Å². The standard InChI is InChI=1S/C12H24O2/c13-9-5-4-8-12(10-14)11-6-2-1-3-7-11/h11-14H,1-10H2. The van der Waals surface area contributed by atoms with Crippen molar-refractivity contribution in [1.29, 1.82) is 0 Å². The summed E-state index contributed by atoms with van der Waals surface area (Å²) in [5.74, 6) is 1.26. The smallest absolute Gasteiger partial charge is 0.0461 e. The summed E-state index contributed by atoms with van der Waals surface area (Å²) >= 11 is 0. The van der Waals surface area contributed by atoms with Gasteiger partial charge in [-0.15, -0.1) is 0 Å². The van der Waals surface area contributed by atoms with E-state index in [1.165, 1.54) is 32.1 Å². The van der Waals surface area contributed by atoms with Crippen LogP contribution in [0.4, 0.5) is 0 Å². The van der Waals surface area contributed by atoms with E-state index >= 15 is 0 Å². The van der Waals surface area contributed by atoms with Crippen molar-refractivity contribution in [3.05, 3.63) is 0 Å². The van der Waals surface area contributed by atoms with E-state index in [1.54, 1.807) is 0 Å². The van der Waals surface area contributed by atoms with E-state index in [-0.39, 0.29) is 0 Å². The van der Waals surface area contributed by atoms with Gasteiger partial charge in [0.05, 0.1) is 0 Å². The summed E-state index contributed by atoms with van der Waals surface area (Å²) < 4.78 is 0. The summed E-state index contributed by atoms with van der Waals surface area (Å²) in [7, 11) is 0. The average molecular weight is 200 g/mol. The van der Waals surface area contributed by atoms with Gasteiger partial charge in [-0.3, -0.25) is 0 Å². The van der Waals surface area contributed by atoms with Crippen molar-refractivity contribution in [2.24, 2.45) is 11.8 Å². The van der Waals surface area contributed by atoms with Gasteiger partial charge in [0.1, 0.15) is 0 Å². The highest BCUT2D eigenvalue weighted by atomic mass is 16.3. The van der Waals surface area contributed by atoms with Crippen LogP contribution in [-0.4, -0.2) is 23.4 Å². The number of hydrogen-bond acceptors (Lipinski definition) is 2. The van der Waals surface area contributed by atoms with Gasteiger partial charge in [0, 0.05) is 13.2 Å². The molecule has 0 heterocycles. The average Bonchev–Trinajstić information content (AvgIpc) is 2.26. The maximum atomic E-state index is 9.32. The molecule has 84 valence electrons. The number of rotatable bonds is 6. The van der Waals surface area contributed by atoms with Gasteiger partial charge in [0.2, 0.25) is 0 Å². The van der Waals surface area contributed by atoms with E-state index in [1.807, 2.05) is 0 Å². The molecule has 1 rings (SSSR count). The maximum absolute atomic E-state index is 9.32. The van der Waals surface area contributed by atoms with Crippen LogP contribution >= 0.6 is 0 Å². The van der Waals surface area contributed by atoms with Crippen LogP contribution in [0.5, 0.6) is 0 Å². The Balaban J connectivity index is 2.21. The van der Waals surface area contributed by atoms with Gasteiger partial charge in [-0.1, -0.05) is 38.5 Å². The third-order valence-corrected chi connectivity index (χ3v) is 3.53. The molecule has 0 saturated heterocycles. The lowest BCUT2D eigenvalue weighted by molar-refractivity contribution is 0.135. The molecule has 1 saturated carbocycles. The Bertz CT molecular complexity index is 130. The molecule has 0 aliphatic heterocycles. The van der Waals surface area contributed by atoms with Crippen molar-refractivity contribution in [2.45, 2.75) is 51.4 Å². The minimum atomic E-state index is 0.294. The third-order valence-electron chi connectivity index (χ3n) is 3.53. The molecule has 0 bridgehead atoms. The molecule has 1 fully saturated rings. The molecule has 0 aromatic heterocycles. The number of aliphatic hydroxyl groups excluding tert-OH is 2. The summed E-state index contributed by atoms with van der Waals surface area (Å²) in [4.78, 5) is 0. The van der Waals surface area contributed by atoms with Crippen LogP contribution in [0.2, 0.25) is 0 Å². The van der Waals surface area contributed by atoms with Crippen molar-refractivity contribution in [3.63, 3.8) is 0 Å². The normalized spacial score (nSPS) is 21.0. The van der Waals surface area contributed by atoms with Crippen LogP contribution in [0.15, 0.2) is 0 Å². The van der Waals surface area contributed by atoms with Gasteiger partial charge >= 0.3 is 0 Å². The van der Waals surface area contributed by atoms with Crippen molar-refractivity contribution < 1.29 is 10.2 Å². The lowest BCUT2D eigenvalue weighted by atomic mass is 9.78. The highest BCUT2D eigenvalue weighted by Gasteiger charge is 2.22. The Morgan fingerprint density at radius 1 is 1.00 bits per heavy atom. The molecular formula is C12H24O2. The van der Waals surface area contributed by atoms with E-state index in [0.717, 1.165) is 25.2 Å². The molecule has 0 radical (unpaired) electrons. The van der Waals surface area contributed by atoms with Crippen molar-refractivity contribution in [3.8, 4) is 0 Å². The van der Waals surface area contributed by atoms with E-state index in [4.69, 9.17) is 5.11 Å². The molecular weight excluding hydrogens is 176 g/mol. The predicted octanol–water partition coefficient (Wildman–Crippen LogP) is 2.34. The molecule has 0 spiro atoms. The zero-order valence-electron chi connectivity index (χ0n) is 9.12. The predicted molar refractivity (Wildman–Crippen MR) is 58.1 cm³/mol. The quantitative estimate of drug-likeness (QED) is 0.646. The van der Waals surface area contributed by atoms with Gasteiger partial charge in [-0.25, -0.2) is 0 Å². The monoisotopic (exact) mass is 200 g/mol. The first-order valence-electron chi connectivity index (χ1n) is 6.10. The van der Waals surface area contributed by atoms with E-state index in [0.29, 0.717) is 19.1 Å². The molecule has 2 nitrogen and oxygen atoms in total. The fourth-order valence-corrected chi connectivity index (χ4v) is 2.60. The Kier molecular flexibility index (Phi) is 6.20. The first kappa shape index (κ1) is 12.0. The van der Waals surface area contributed by atoms with Gasteiger partial charge in [-0.2, -0.15) is 0 Å². The summed E-state index contributed by atoms with van der Waals surface area (Å²) in [6.07, 6.45) is 9.76. The van der Waals surface area contributed by atoms with Gasteiger partial charge in [0.15, 0.2) is 0 Å². The van der Waals surface area contributed by atoms with Gasteiger partial charge < -0.3 is 10.2 Å². The maximum Gasteiger partial charge on any atom is 0.0461 e. The number of hydrogen-bond donors (Lipinski definition) is 2. The van der Waals surface area contributed by atoms with E-state index < -0.39 is 0 Å². The van der Waals surface area contributed by atoms with Crippen molar-refractivity contribution >= 4 is 0 Å². The Morgan fingerprint density at radius 3 is 2.29 bits per heavy atom. The molecule has 1 atom stereocenters. The van der Waals surface area contributed by atoms with Crippen LogP contribution in [0.25, 0.3) is 0 Å². The fourth-order valence-electron chi connectivity index (χ4n) is 2.60. The second-order valence-electron chi connectivity index (χ2n) is 4.56. The summed E-state index contributed by atoms with van der Waals surface area (Å²) in [5.41, 5.74) is 0.